The number of benzene rings is 2. The molecule has 0 radical (unpaired) electrons. The predicted molar refractivity (Wildman–Crippen MR) is 106 cm³/mol. The average Bonchev–Trinajstić information content (AvgIpc) is 3.22. The molecule has 2 aromatic carbocycles. The van der Waals surface area contributed by atoms with Gasteiger partial charge in [-0.25, -0.2) is 9.97 Å². The molecule has 5 heteroatoms. The minimum atomic E-state index is 0.643. The smallest absolute Gasteiger partial charge is 0.155 e. The Labute approximate surface area is 154 Å². The molecule has 1 aliphatic heterocycles. The first-order valence-electron chi connectivity index (χ1n) is 8.87. The van der Waals surface area contributed by atoms with Gasteiger partial charge in [-0.2, -0.15) is 5.26 Å². The number of nitriles is 1. The lowest BCUT2D eigenvalue weighted by atomic mass is 10.1. The van der Waals surface area contributed by atoms with Gasteiger partial charge in [0.15, 0.2) is 5.82 Å². The number of hydrogen-bond donors (Lipinski definition) is 1. The summed E-state index contributed by atoms with van der Waals surface area (Å²) in [4.78, 5) is 12.0. The highest BCUT2D eigenvalue weighted by Crippen LogP contribution is 2.31. The predicted octanol–water partition coefficient (Wildman–Crippen LogP) is 3.60. The van der Waals surface area contributed by atoms with E-state index in [9.17, 15) is 0 Å². The maximum atomic E-state index is 9.17. The molecule has 0 saturated carbocycles. The van der Waals surface area contributed by atoms with E-state index in [1.807, 2.05) is 62.6 Å². The number of para-hydroxylation sites is 2. The minimum absolute atomic E-state index is 0.643. The minimum Gasteiger partial charge on any atom is -0.355 e. The number of nitrogens with one attached hydrogen (secondary N) is 1. The fourth-order valence-electron chi connectivity index (χ4n) is 3.07. The van der Waals surface area contributed by atoms with Gasteiger partial charge in [0, 0.05) is 18.7 Å². The van der Waals surface area contributed by atoms with Crippen LogP contribution in [0.25, 0.3) is 22.3 Å². The molecule has 0 spiro atoms. The Morgan fingerprint density at radius 3 is 2.27 bits per heavy atom. The van der Waals surface area contributed by atoms with Crippen molar-refractivity contribution in [2.24, 2.45) is 0 Å². The lowest BCUT2D eigenvalue weighted by molar-refractivity contribution is 0.939. The Morgan fingerprint density at radius 2 is 1.62 bits per heavy atom. The molecule has 4 rings (SSSR count). The van der Waals surface area contributed by atoms with Crippen LogP contribution in [-0.2, 0) is 0 Å². The molecule has 0 amide bonds. The highest BCUT2D eigenvalue weighted by atomic mass is 15.2. The topological polar surface area (TPSA) is 64.8 Å². The monoisotopic (exact) mass is 345 g/mol. The second-order valence-corrected chi connectivity index (χ2v) is 6.27. The summed E-state index contributed by atoms with van der Waals surface area (Å²) >= 11 is 0. The van der Waals surface area contributed by atoms with Crippen molar-refractivity contribution in [2.45, 2.75) is 12.8 Å². The van der Waals surface area contributed by atoms with Crippen LogP contribution in [-0.4, -0.2) is 37.2 Å². The van der Waals surface area contributed by atoms with Crippen molar-refractivity contribution in [1.82, 2.24) is 15.3 Å². The second-order valence-electron chi connectivity index (χ2n) is 6.27. The highest BCUT2D eigenvalue weighted by molar-refractivity contribution is 5.83. The standard InChI is InChI=1S/C19H16N4.C2H7N/c20-13-14-6-5-7-15(12-14)18-19(23-10-3-4-11-23)22-17-9-2-1-8-16(17)21-18;1-3-2/h1-2,5-9,12H,3-4,10-11H2;3H,1-2H3. The Bertz CT molecular complexity index is 923. The lowest BCUT2D eigenvalue weighted by Crippen LogP contribution is -2.20. The molecule has 0 unspecified atom stereocenters. The summed E-state index contributed by atoms with van der Waals surface area (Å²) in [5.74, 6) is 0.927. The molecule has 2 heterocycles. The van der Waals surface area contributed by atoms with Crippen LogP contribution >= 0.6 is 0 Å². The summed E-state index contributed by atoms with van der Waals surface area (Å²) in [5, 5.41) is 11.9. The molecule has 1 aromatic heterocycles. The van der Waals surface area contributed by atoms with Gasteiger partial charge in [-0.05, 0) is 51.2 Å². The number of rotatable bonds is 2. The summed E-state index contributed by atoms with van der Waals surface area (Å²) in [7, 11) is 3.75. The molecule has 1 fully saturated rings. The van der Waals surface area contributed by atoms with E-state index in [0.29, 0.717) is 5.56 Å². The van der Waals surface area contributed by atoms with Crippen LogP contribution in [0.2, 0.25) is 0 Å². The van der Waals surface area contributed by atoms with Crippen molar-refractivity contribution >= 4 is 16.9 Å². The van der Waals surface area contributed by atoms with Crippen LogP contribution in [0.15, 0.2) is 48.5 Å². The molecule has 0 bridgehead atoms. The molecule has 1 N–H and O–H groups in total. The van der Waals surface area contributed by atoms with Crippen LogP contribution in [0.4, 0.5) is 5.82 Å². The first-order valence-corrected chi connectivity index (χ1v) is 8.87. The normalized spacial score (nSPS) is 13.2. The van der Waals surface area contributed by atoms with Gasteiger partial charge in [-0.1, -0.05) is 24.3 Å². The zero-order valence-electron chi connectivity index (χ0n) is 15.2. The summed E-state index contributed by atoms with van der Waals surface area (Å²) in [6, 6.07) is 17.7. The quantitative estimate of drug-likeness (QED) is 0.769. The van der Waals surface area contributed by atoms with Crippen molar-refractivity contribution in [1.29, 1.82) is 5.26 Å². The van der Waals surface area contributed by atoms with Gasteiger partial charge in [0.05, 0.1) is 22.7 Å². The first-order chi connectivity index (χ1) is 12.8. The molecular weight excluding hydrogens is 322 g/mol. The van der Waals surface area contributed by atoms with E-state index in [1.54, 1.807) is 0 Å². The van der Waals surface area contributed by atoms with E-state index in [0.717, 1.165) is 41.2 Å². The summed E-state index contributed by atoms with van der Waals surface area (Å²) in [5.41, 5.74) is 4.25. The molecule has 0 atom stereocenters. The van der Waals surface area contributed by atoms with Crippen molar-refractivity contribution in [3.05, 3.63) is 54.1 Å². The highest BCUT2D eigenvalue weighted by Gasteiger charge is 2.20. The van der Waals surface area contributed by atoms with Crippen molar-refractivity contribution in [2.75, 3.05) is 32.1 Å². The van der Waals surface area contributed by atoms with Crippen molar-refractivity contribution < 1.29 is 0 Å². The van der Waals surface area contributed by atoms with E-state index in [-0.39, 0.29) is 0 Å². The van der Waals surface area contributed by atoms with Crippen LogP contribution < -0.4 is 10.2 Å². The van der Waals surface area contributed by atoms with E-state index in [2.05, 4.69) is 16.3 Å². The van der Waals surface area contributed by atoms with Crippen LogP contribution in [0.5, 0.6) is 0 Å². The van der Waals surface area contributed by atoms with Gasteiger partial charge in [-0.3, -0.25) is 0 Å². The third-order valence-electron chi connectivity index (χ3n) is 4.22. The van der Waals surface area contributed by atoms with E-state index in [4.69, 9.17) is 15.2 Å². The number of anilines is 1. The van der Waals surface area contributed by atoms with E-state index in [1.165, 1.54) is 12.8 Å². The zero-order chi connectivity index (χ0) is 18.4. The SMILES string of the molecule is CNC.N#Cc1cccc(-c2nc3ccccc3nc2N2CCCC2)c1. The summed E-state index contributed by atoms with van der Waals surface area (Å²) in [6.07, 6.45) is 2.37. The number of aromatic nitrogens is 2. The Balaban J connectivity index is 0.000000613. The van der Waals surface area contributed by atoms with Gasteiger partial charge >= 0.3 is 0 Å². The van der Waals surface area contributed by atoms with Gasteiger partial charge < -0.3 is 10.2 Å². The number of hydrogen-bond acceptors (Lipinski definition) is 5. The third kappa shape index (κ3) is 3.81. The van der Waals surface area contributed by atoms with Gasteiger partial charge in [0.1, 0.15) is 5.69 Å². The molecule has 5 nitrogen and oxygen atoms in total. The molecular formula is C21H23N5. The van der Waals surface area contributed by atoms with E-state index < -0.39 is 0 Å². The summed E-state index contributed by atoms with van der Waals surface area (Å²) < 4.78 is 0. The van der Waals surface area contributed by atoms with Crippen LogP contribution in [0.1, 0.15) is 18.4 Å². The lowest BCUT2D eigenvalue weighted by Gasteiger charge is -2.20. The molecule has 1 saturated heterocycles. The van der Waals surface area contributed by atoms with Crippen LogP contribution in [0, 0.1) is 11.3 Å². The molecule has 132 valence electrons. The summed E-state index contributed by atoms with van der Waals surface area (Å²) in [6.45, 7) is 2.02. The number of fused-ring (bicyclic) bond motifs is 1. The zero-order valence-corrected chi connectivity index (χ0v) is 15.2. The fourth-order valence-corrected chi connectivity index (χ4v) is 3.07. The first kappa shape index (κ1) is 17.8. The second kappa shape index (κ2) is 8.41. The molecule has 1 aliphatic rings. The number of nitrogens with zero attached hydrogens (tertiary/aromatic N) is 4. The van der Waals surface area contributed by atoms with Gasteiger partial charge in [0.2, 0.25) is 0 Å². The Hall–Kier alpha value is -2.97. The van der Waals surface area contributed by atoms with Crippen LogP contribution in [0.3, 0.4) is 0 Å². The fraction of sp³-hybridized carbons (Fsp3) is 0.286. The molecule has 26 heavy (non-hydrogen) atoms. The van der Waals surface area contributed by atoms with Gasteiger partial charge in [0.25, 0.3) is 0 Å². The average molecular weight is 345 g/mol. The molecule has 0 aliphatic carbocycles. The largest absolute Gasteiger partial charge is 0.355 e. The van der Waals surface area contributed by atoms with E-state index >= 15 is 0 Å². The maximum Gasteiger partial charge on any atom is 0.155 e. The molecule has 3 aromatic rings. The van der Waals surface area contributed by atoms with Crippen molar-refractivity contribution in [3.8, 4) is 17.3 Å². The van der Waals surface area contributed by atoms with Crippen molar-refractivity contribution in [3.63, 3.8) is 0 Å². The Morgan fingerprint density at radius 1 is 0.962 bits per heavy atom. The third-order valence-corrected chi connectivity index (χ3v) is 4.22. The Kier molecular flexibility index (Phi) is 5.77. The van der Waals surface area contributed by atoms with Gasteiger partial charge in [-0.15, -0.1) is 0 Å². The maximum absolute atomic E-state index is 9.17.